The third kappa shape index (κ3) is 3.51. The quantitative estimate of drug-likeness (QED) is 0.886. The van der Waals surface area contributed by atoms with E-state index < -0.39 is 0 Å². The van der Waals surface area contributed by atoms with Gasteiger partial charge in [-0.25, -0.2) is 0 Å². The van der Waals surface area contributed by atoms with E-state index >= 15 is 0 Å². The molecule has 2 rings (SSSR count). The number of halogens is 1. The van der Waals surface area contributed by atoms with Crippen LogP contribution in [0.25, 0.3) is 0 Å². The first kappa shape index (κ1) is 14.9. The Labute approximate surface area is 125 Å². The molecule has 1 heterocycles. The number of nitrogens with zero attached hydrogens (tertiary/aromatic N) is 1. The fourth-order valence-corrected chi connectivity index (χ4v) is 3.24. The first-order valence-electron chi connectivity index (χ1n) is 7.19. The zero-order chi connectivity index (χ0) is 14.0. The average molecular weight is 325 g/mol. The second-order valence-corrected chi connectivity index (χ2v) is 7.29. The number of rotatable bonds is 4. The van der Waals surface area contributed by atoms with E-state index in [-0.39, 0.29) is 5.54 Å². The Morgan fingerprint density at radius 3 is 2.68 bits per heavy atom. The molecule has 106 valence electrons. The van der Waals surface area contributed by atoms with E-state index in [1.807, 2.05) is 0 Å². The Bertz CT molecular complexity index is 440. The Morgan fingerprint density at radius 2 is 2.11 bits per heavy atom. The summed E-state index contributed by atoms with van der Waals surface area (Å²) < 4.78 is 1.16. The van der Waals surface area contributed by atoms with Gasteiger partial charge in [0, 0.05) is 34.8 Å². The fourth-order valence-electron chi connectivity index (χ4n) is 2.83. The molecular formula is C16H25BrN2. The van der Waals surface area contributed by atoms with Gasteiger partial charge in [0.05, 0.1) is 0 Å². The van der Waals surface area contributed by atoms with Crippen LogP contribution in [0.1, 0.15) is 46.1 Å². The summed E-state index contributed by atoms with van der Waals surface area (Å²) in [4.78, 5) is 2.57. The third-order valence-corrected chi connectivity index (χ3v) is 4.43. The highest BCUT2D eigenvalue weighted by molar-refractivity contribution is 9.10. The number of hydrogen-bond acceptors (Lipinski definition) is 2. The van der Waals surface area contributed by atoms with Crippen molar-refractivity contribution >= 4 is 21.6 Å². The highest BCUT2D eigenvalue weighted by Crippen LogP contribution is 2.36. The standard InChI is InChI=1S/C16H25BrN2/c1-12(2)18-11-13-10-14(17)6-7-15(13)19-9-5-8-16(19,3)4/h6-7,10,12,18H,5,8-9,11H2,1-4H3. The summed E-state index contributed by atoms with van der Waals surface area (Å²) in [5.41, 5.74) is 3.05. The summed E-state index contributed by atoms with van der Waals surface area (Å²) in [6.45, 7) is 11.2. The normalized spacial score (nSPS) is 18.3. The molecule has 1 aliphatic rings. The van der Waals surface area contributed by atoms with Crippen LogP contribution in [0.3, 0.4) is 0 Å². The molecule has 0 bridgehead atoms. The molecule has 2 nitrogen and oxygen atoms in total. The summed E-state index contributed by atoms with van der Waals surface area (Å²) in [7, 11) is 0. The predicted molar refractivity (Wildman–Crippen MR) is 86.8 cm³/mol. The van der Waals surface area contributed by atoms with Crippen molar-refractivity contribution in [2.24, 2.45) is 0 Å². The molecular weight excluding hydrogens is 300 g/mol. The van der Waals surface area contributed by atoms with Crippen LogP contribution >= 0.6 is 15.9 Å². The first-order chi connectivity index (χ1) is 8.90. The Hall–Kier alpha value is -0.540. The summed E-state index contributed by atoms with van der Waals surface area (Å²) in [6.07, 6.45) is 2.57. The van der Waals surface area contributed by atoms with Gasteiger partial charge >= 0.3 is 0 Å². The van der Waals surface area contributed by atoms with E-state index in [4.69, 9.17) is 0 Å². The van der Waals surface area contributed by atoms with Gasteiger partial charge in [-0.2, -0.15) is 0 Å². The number of hydrogen-bond donors (Lipinski definition) is 1. The molecule has 0 aliphatic carbocycles. The van der Waals surface area contributed by atoms with E-state index in [0.29, 0.717) is 6.04 Å². The minimum atomic E-state index is 0.278. The van der Waals surface area contributed by atoms with Crippen molar-refractivity contribution in [2.45, 2.75) is 58.7 Å². The summed E-state index contributed by atoms with van der Waals surface area (Å²) in [6, 6.07) is 7.18. The molecule has 1 N–H and O–H groups in total. The molecule has 0 spiro atoms. The van der Waals surface area contributed by atoms with E-state index in [1.165, 1.54) is 30.6 Å². The third-order valence-electron chi connectivity index (χ3n) is 3.93. The van der Waals surface area contributed by atoms with Crippen molar-refractivity contribution in [2.75, 3.05) is 11.4 Å². The van der Waals surface area contributed by atoms with Crippen LogP contribution in [0.4, 0.5) is 5.69 Å². The monoisotopic (exact) mass is 324 g/mol. The van der Waals surface area contributed by atoms with Crippen molar-refractivity contribution in [1.29, 1.82) is 0 Å². The maximum Gasteiger partial charge on any atom is 0.0417 e. The van der Waals surface area contributed by atoms with Crippen molar-refractivity contribution in [3.63, 3.8) is 0 Å². The van der Waals surface area contributed by atoms with Gasteiger partial charge in [-0.1, -0.05) is 29.8 Å². The Kier molecular flexibility index (Phi) is 4.57. The van der Waals surface area contributed by atoms with Crippen LogP contribution in [0.15, 0.2) is 22.7 Å². The first-order valence-corrected chi connectivity index (χ1v) is 7.99. The molecule has 0 atom stereocenters. The predicted octanol–water partition coefficient (Wildman–Crippen LogP) is 4.33. The van der Waals surface area contributed by atoms with Crippen molar-refractivity contribution in [3.8, 4) is 0 Å². The van der Waals surface area contributed by atoms with Crippen LogP contribution in [-0.4, -0.2) is 18.1 Å². The molecule has 1 aliphatic heterocycles. The summed E-state index contributed by atoms with van der Waals surface area (Å²) in [5, 5.41) is 3.53. The Balaban J connectivity index is 2.28. The molecule has 0 amide bonds. The number of benzene rings is 1. The molecule has 19 heavy (non-hydrogen) atoms. The zero-order valence-corrected chi connectivity index (χ0v) is 14.0. The lowest BCUT2D eigenvalue weighted by Gasteiger charge is -2.35. The average Bonchev–Trinajstić information content (AvgIpc) is 2.66. The van der Waals surface area contributed by atoms with Gasteiger partial charge in [0.25, 0.3) is 0 Å². The van der Waals surface area contributed by atoms with E-state index in [1.54, 1.807) is 0 Å². The highest BCUT2D eigenvalue weighted by Gasteiger charge is 2.32. The van der Waals surface area contributed by atoms with E-state index in [9.17, 15) is 0 Å². The van der Waals surface area contributed by atoms with Gasteiger partial charge in [-0.15, -0.1) is 0 Å². The number of anilines is 1. The topological polar surface area (TPSA) is 15.3 Å². The van der Waals surface area contributed by atoms with Crippen molar-refractivity contribution in [3.05, 3.63) is 28.2 Å². The molecule has 0 unspecified atom stereocenters. The molecule has 3 heteroatoms. The molecule has 0 saturated carbocycles. The van der Waals surface area contributed by atoms with Crippen LogP contribution < -0.4 is 10.2 Å². The molecule has 1 aromatic rings. The second kappa shape index (κ2) is 5.84. The number of nitrogens with one attached hydrogen (secondary N) is 1. The van der Waals surface area contributed by atoms with Gasteiger partial charge in [0.2, 0.25) is 0 Å². The fraction of sp³-hybridized carbons (Fsp3) is 0.625. The highest BCUT2D eigenvalue weighted by atomic mass is 79.9. The van der Waals surface area contributed by atoms with Crippen LogP contribution in [0.2, 0.25) is 0 Å². The smallest absolute Gasteiger partial charge is 0.0417 e. The van der Waals surface area contributed by atoms with Gasteiger partial charge in [0.1, 0.15) is 0 Å². The molecule has 1 saturated heterocycles. The lowest BCUT2D eigenvalue weighted by atomic mass is 10.0. The SMILES string of the molecule is CC(C)NCc1cc(Br)ccc1N1CCCC1(C)C. The largest absolute Gasteiger partial charge is 0.366 e. The lowest BCUT2D eigenvalue weighted by molar-refractivity contribution is 0.514. The van der Waals surface area contributed by atoms with Gasteiger partial charge in [-0.3, -0.25) is 0 Å². The van der Waals surface area contributed by atoms with E-state index in [0.717, 1.165) is 11.0 Å². The molecule has 0 radical (unpaired) electrons. The zero-order valence-electron chi connectivity index (χ0n) is 12.5. The summed E-state index contributed by atoms with van der Waals surface area (Å²) in [5.74, 6) is 0. The van der Waals surface area contributed by atoms with Crippen molar-refractivity contribution < 1.29 is 0 Å². The molecule has 0 aromatic heterocycles. The Morgan fingerprint density at radius 1 is 1.37 bits per heavy atom. The molecule has 1 aromatic carbocycles. The van der Waals surface area contributed by atoms with Crippen LogP contribution in [0.5, 0.6) is 0 Å². The van der Waals surface area contributed by atoms with Crippen LogP contribution in [-0.2, 0) is 6.54 Å². The lowest BCUT2D eigenvalue weighted by Crippen LogP contribution is -2.39. The summed E-state index contributed by atoms with van der Waals surface area (Å²) >= 11 is 3.59. The molecule has 1 fully saturated rings. The minimum absolute atomic E-state index is 0.278. The van der Waals surface area contributed by atoms with Gasteiger partial charge < -0.3 is 10.2 Å². The van der Waals surface area contributed by atoms with Crippen molar-refractivity contribution in [1.82, 2.24) is 5.32 Å². The maximum atomic E-state index is 3.59. The maximum absolute atomic E-state index is 3.59. The van der Waals surface area contributed by atoms with Gasteiger partial charge in [-0.05, 0) is 50.5 Å². The van der Waals surface area contributed by atoms with Gasteiger partial charge in [0.15, 0.2) is 0 Å². The van der Waals surface area contributed by atoms with E-state index in [2.05, 4.69) is 72.0 Å². The van der Waals surface area contributed by atoms with Crippen LogP contribution in [0, 0.1) is 0 Å². The minimum Gasteiger partial charge on any atom is -0.366 e. The second-order valence-electron chi connectivity index (χ2n) is 6.38.